The van der Waals surface area contributed by atoms with Crippen LogP contribution in [0.2, 0.25) is 0 Å². The maximum absolute atomic E-state index is 5.50. The zero-order valence-corrected chi connectivity index (χ0v) is 17.8. The van der Waals surface area contributed by atoms with E-state index in [1.807, 2.05) is 23.5 Å². The molecule has 1 aliphatic carbocycles. The van der Waals surface area contributed by atoms with E-state index in [9.17, 15) is 0 Å². The lowest BCUT2D eigenvalue weighted by Crippen LogP contribution is -3.12. The third-order valence-corrected chi connectivity index (χ3v) is 7.19. The van der Waals surface area contributed by atoms with Crippen molar-refractivity contribution >= 4 is 27.4 Å². The first-order valence-electron chi connectivity index (χ1n) is 10.8. The molecular weight excluding hydrogens is 384 g/mol. The van der Waals surface area contributed by atoms with Crippen molar-refractivity contribution in [2.45, 2.75) is 51.6 Å². The zero-order chi connectivity index (χ0) is 19.6. The average Bonchev–Trinajstić information content (AvgIpc) is 3.44. The zero-order valence-electron chi connectivity index (χ0n) is 17.0. The molecule has 154 valence electrons. The van der Waals surface area contributed by atoms with Crippen molar-refractivity contribution in [3.63, 3.8) is 0 Å². The summed E-state index contributed by atoms with van der Waals surface area (Å²) < 4.78 is 11.0. The normalized spacial score (nSPS) is 18.2. The molecule has 3 aromatic heterocycles. The van der Waals surface area contributed by atoms with Crippen molar-refractivity contribution < 1.29 is 14.1 Å². The van der Waals surface area contributed by atoms with E-state index in [0.717, 1.165) is 74.3 Å². The van der Waals surface area contributed by atoms with Gasteiger partial charge in [0.05, 0.1) is 24.9 Å². The van der Waals surface area contributed by atoms with Crippen LogP contribution in [0.3, 0.4) is 0 Å². The monoisotopic (exact) mass is 413 g/mol. The van der Waals surface area contributed by atoms with Gasteiger partial charge in [0.1, 0.15) is 36.0 Å². The average molecular weight is 414 g/mol. The second-order valence-corrected chi connectivity index (χ2v) is 9.31. The van der Waals surface area contributed by atoms with Crippen molar-refractivity contribution in [3.8, 4) is 0 Å². The molecule has 6 nitrogen and oxygen atoms in total. The van der Waals surface area contributed by atoms with Crippen molar-refractivity contribution in [2.75, 3.05) is 31.6 Å². The molecule has 0 unspecified atom stereocenters. The fourth-order valence-corrected chi connectivity index (χ4v) is 5.68. The van der Waals surface area contributed by atoms with Crippen molar-refractivity contribution in [2.24, 2.45) is 0 Å². The van der Waals surface area contributed by atoms with Gasteiger partial charge in [0, 0.05) is 17.3 Å². The smallest absolute Gasteiger partial charge is 0.187 e. The molecule has 1 fully saturated rings. The van der Waals surface area contributed by atoms with Crippen molar-refractivity contribution in [1.82, 2.24) is 9.97 Å². The summed E-state index contributed by atoms with van der Waals surface area (Å²) in [4.78, 5) is 14.2. The molecule has 1 saturated heterocycles. The number of anilines is 1. The Kier molecular flexibility index (Phi) is 5.52. The van der Waals surface area contributed by atoms with E-state index in [0.29, 0.717) is 6.04 Å². The first-order valence-corrected chi connectivity index (χ1v) is 11.6. The van der Waals surface area contributed by atoms with E-state index in [4.69, 9.17) is 19.1 Å². The topological polar surface area (TPSA) is 64.6 Å². The molecule has 0 saturated carbocycles. The van der Waals surface area contributed by atoms with Crippen LogP contribution in [0.5, 0.6) is 0 Å². The van der Waals surface area contributed by atoms with Crippen LogP contribution in [0, 0.1) is 0 Å². The van der Waals surface area contributed by atoms with E-state index in [1.165, 1.54) is 33.6 Å². The molecule has 29 heavy (non-hydrogen) atoms. The first kappa shape index (κ1) is 19.0. The lowest BCUT2D eigenvalue weighted by molar-refractivity contribution is -0.922. The first-order chi connectivity index (χ1) is 14.3. The van der Waals surface area contributed by atoms with E-state index in [-0.39, 0.29) is 0 Å². The molecule has 7 heteroatoms. The highest BCUT2D eigenvalue weighted by molar-refractivity contribution is 7.19. The van der Waals surface area contributed by atoms with E-state index >= 15 is 0 Å². The van der Waals surface area contributed by atoms with Gasteiger partial charge in [0.25, 0.3) is 0 Å². The highest BCUT2D eigenvalue weighted by atomic mass is 32.1. The molecular formula is C22H29N4O2S+. The number of thiophene rings is 1. The number of fused-ring (bicyclic) bond motifs is 3. The summed E-state index contributed by atoms with van der Waals surface area (Å²) >= 11 is 1.88. The summed E-state index contributed by atoms with van der Waals surface area (Å²) in [5.74, 6) is 3.03. The van der Waals surface area contributed by atoms with Gasteiger partial charge in [-0.3, -0.25) is 0 Å². The van der Waals surface area contributed by atoms with Crippen LogP contribution in [-0.2, 0) is 30.5 Å². The summed E-state index contributed by atoms with van der Waals surface area (Å²) in [5, 5.41) is 4.99. The van der Waals surface area contributed by atoms with Gasteiger partial charge in [-0.2, -0.15) is 0 Å². The largest absolute Gasteiger partial charge is 0.469 e. The number of aryl methyl sites for hydroxylation is 3. The van der Waals surface area contributed by atoms with Gasteiger partial charge in [-0.15, -0.1) is 11.3 Å². The minimum absolute atomic E-state index is 0.318. The Hall–Kier alpha value is -1.96. The number of hydrogen-bond donors (Lipinski definition) is 2. The van der Waals surface area contributed by atoms with Crippen LogP contribution >= 0.6 is 11.3 Å². The molecule has 2 N–H and O–H groups in total. The van der Waals surface area contributed by atoms with E-state index in [2.05, 4.69) is 12.2 Å². The van der Waals surface area contributed by atoms with Gasteiger partial charge < -0.3 is 19.4 Å². The van der Waals surface area contributed by atoms with Gasteiger partial charge in [-0.1, -0.05) is 0 Å². The number of ether oxygens (including phenoxy) is 1. The molecule has 2 aliphatic rings. The number of morpholine rings is 1. The number of aromatic nitrogens is 2. The summed E-state index contributed by atoms with van der Waals surface area (Å²) in [5.41, 5.74) is 1.48. The second-order valence-electron chi connectivity index (χ2n) is 8.23. The molecule has 4 heterocycles. The molecule has 1 atom stereocenters. The lowest BCUT2D eigenvalue weighted by atomic mass is 10.1. The Labute approximate surface area is 175 Å². The molecule has 0 aromatic carbocycles. The van der Waals surface area contributed by atoms with E-state index < -0.39 is 0 Å². The number of rotatable bonds is 7. The fraction of sp³-hybridized carbons (Fsp3) is 0.545. The van der Waals surface area contributed by atoms with Crippen LogP contribution in [0.15, 0.2) is 22.8 Å². The SMILES string of the molecule is C[C@H](CCc1ccco1)Nc1nc(C[NH+]2CCOCC2)nc2sc3c(c12)CCC3. The van der Waals surface area contributed by atoms with Crippen molar-refractivity contribution in [3.05, 3.63) is 40.4 Å². The summed E-state index contributed by atoms with van der Waals surface area (Å²) in [6, 6.07) is 4.32. The highest BCUT2D eigenvalue weighted by Gasteiger charge is 2.24. The Morgan fingerprint density at radius 2 is 2.14 bits per heavy atom. The number of furan rings is 1. The standard InChI is InChI=1S/C22H28N4O2S/c1-15(7-8-16-4-3-11-28-16)23-21-20-17-5-2-6-18(17)29-22(20)25-19(24-21)14-26-9-12-27-13-10-26/h3-4,11,15H,2,5-10,12-14H2,1H3,(H,23,24,25)/p+1/t15-/m1/s1. The van der Waals surface area contributed by atoms with Gasteiger partial charge in [0.15, 0.2) is 5.82 Å². The predicted molar refractivity (Wildman–Crippen MR) is 115 cm³/mol. The van der Waals surface area contributed by atoms with Crippen LogP contribution in [-0.4, -0.2) is 42.3 Å². The van der Waals surface area contributed by atoms with Crippen LogP contribution in [0.25, 0.3) is 10.2 Å². The Morgan fingerprint density at radius 3 is 2.97 bits per heavy atom. The summed E-state index contributed by atoms with van der Waals surface area (Å²) in [6.07, 6.45) is 7.29. The summed E-state index contributed by atoms with van der Waals surface area (Å²) in [7, 11) is 0. The second kappa shape index (κ2) is 8.42. The maximum atomic E-state index is 5.50. The molecule has 3 aromatic rings. The fourth-order valence-electron chi connectivity index (χ4n) is 4.40. The molecule has 5 rings (SSSR count). The summed E-state index contributed by atoms with van der Waals surface area (Å²) in [6.45, 7) is 6.84. The molecule has 0 radical (unpaired) electrons. The Balaban J connectivity index is 1.39. The van der Waals surface area contributed by atoms with Gasteiger partial charge in [-0.05, 0) is 50.3 Å². The highest BCUT2D eigenvalue weighted by Crippen LogP contribution is 2.39. The van der Waals surface area contributed by atoms with Gasteiger partial charge >= 0.3 is 0 Å². The number of quaternary nitrogens is 1. The van der Waals surface area contributed by atoms with Gasteiger partial charge in [-0.25, -0.2) is 9.97 Å². The molecule has 1 aliphatic heterocycles. The Bertz CT molecular complexity index is 963. The number of nitrogens with zero attached hydrogens (tertiary/aromatic N) is 2. The van der Waals surface area contributed by atoms with Gasteiger partial charge in [0.2, 0.25) is 0 Å². The van der Waals surface area contributed by atoms with Crippen LogP contribution < -0.4 is 10.2 Å². The van der Waals surface area contributed by atoms with Crippen molar-refractivity contribution in [1.29, 1.82) is 0 Å². The van der Waals surface area contributed by atoms with E-state index in [1.54, 1.807) is 6.26 Å². The number of nitrogens with one attached hydrogen (secondary N) is 2. The van der Waals surface area contributed by atoms with Crippen LogP contribution in [0.4, 0.5) is 5.82 Å². The third kappa shape index (κ3) is 4.17. The third-order valence-electron chi connectivity index (χ3n) is 6.01. The molecule has 0 spiro atoms. The number of hydrogen-bond acceptors (Lipinski definition) is 6. The lowest BCUT2D eigenvalue weighted by Gasteiger charge is -2.23. The minimum atomic E-state index is 0.318. The van der Waals surface area contributed by atoms with Crippen LogP contribution in [0.1, 0.15) is 41.8 Å². The minimum Gasteiger partial charge on any atom is -0.469 e. The quantitative estimate of drug-likeness (QED) is 0.623. The molecule has 0 bridgehead atoms. The predicted octanol–water partition coefficient (Wildman–Crippen LogP) is 2.62. The maximum Gasteiger partial charge on any atom is 0.187 e. The Morgan fingerprint density at radius 1 is 1.24 bits per heavy atom. The molecule has 0 amide bonds.